The largest absolute Gasteiger partial charge is 0.465 e. The summed E-state index contributed by atoms with van der Waals surface area (Å²) in [6, 6.07) is 7.83. The van der Waals surface area contributed by atoms with Crippen molar-refractivity contribution in [1.29, 1.82) is 0 Å². The van der Waals surface area contributed by atoms with Gasteiger partial charge >= 0.3 is 5.97 Å². The van der Waals surface area contributed by atoms with Gasteiger partial charge in [-0.05, 0) is 44.6 Å². The molecule has 9 heteroatoms. The quantitative estimate of drug-likeness (QED) is 0.136. The molecule has 4 rings (SSSR count). The number of halogens is 1. The smallest absolute Gasteiger partial charge is 0.312 e. The molecule has 3 aliphatic heterocycles. The van der Waals surface area contributed by atoms with Gasteiger partial charge in [0.1, 0.15) is 11.6 Å². The van der Waals surface area contributed by atoms with Gasteiger partial charge in [0.15, 0.2) is 0 Å². The van der Waals surface area contributed by atoms with Gasteiger partial charge in [0, 0.05) is 17.4 Å². The Morgan fingerprint density at radius 1 is 1.29 bits per heavy atom. The van der Waals surface area contributed by atoms with Crippen LogP contribution in [0.3, 0.4) is 0 Å². The molecule has 1 aromatic carbocycles. The molecule has 1 aromatic rings. The summed E-state index contributed by atoms with van der Waals surface area (Å²) in [4.78, 5) is 45.6. The fourth-order valence-corrected chi connectivity index (χ4v) is 7.94. The van der Waals surface area contributed by atoms with Crippen molar-refractivity contribution in [2.75, 3.05) is 19.8 Å². The molecular weight excluding hydrogens is 588 g/mol. The molecule has 1 N–H and O–H groups in total. The number of benzene rings is 1. The van der Waals surface area contributed by atoms with Crippen molar-refractivity contribution in [2.24, 2.45) is 11.8 Å². The number of alkyl halides is 1. The third-order valence-electron chi connectivity index (χ3n) is 8.80. The van der Waals surface area contributed by atoms with Crippen molar-refractivity contribution in [1.82, 2.24) is 9.80 Å². The van der Waals surface area contributed by atoms with Crippen molar-refractivity contribution < 1.29 is 29.0 Å². The van der Waals surface area contributed by atoms with E-state index in [-0.39, 0.29) is 35.9 Å². The van der Waals surface area contributed by atoms with E-state index in [0.717, 1.165) is 18.4 Å². The van der Waals surface area contributed by atoms with E-state index in [0.29, 0.717) is 32.2 Å². The molecule has 0 aromatic heterocycles. The lowest BCUT2D eigenvalue weighted by Crippen LogP contribution is -2.60. The van der Waals surface area contributed by atoms with Gasteiger partial charge in [-0.3, -0.25) is 14.4 Å². The number of fused-ring (bicyclic) bond motifs is 1. The number of aliphatic hydroxyl groups excluding tert-OH is 1. The number of hydrogen-bond acceptors (Lipinski definition) is 6. The summed E-state index contributed by atoms with van der Waals surface area (Å²) in [5, 5.41) is 10.6. The van der Waals surface area contributed by atoms with E-state index in [1.54, 1.807) is 17.1 Å². The number of rotatable bonds is 15. The van der Waals surface area contributed by atoms with Gasteiger partial charge in [-0.1, -0.05) is 71.8 Å². The van der Waals surface area contributed by atoms with E-state index in [2.05, 4.69) is 36.0 Å². The number of amides is 2. The number of nitrogens with zero attached hydrogens (tertiary/aromatic N) is 2. The molecule has 1 spiro atoms. The van der Waals surface area contributed by atoms with E-state index in [1.165, 1.54) is 4.90 Å². The van der Waals surface area contributed by atoms with Gasteiger partial charge in [-0.2, -0.15) is 0 Å². The van der Waals surface area contributed by atoms with Crippen LogP contribution in [0.15, 0.2) is 55.6 Å². The number of carbonyl (C=O) groups excluding carboxylic acids is 3. The molecule has 224 valence electrons. The molecule has 3 aliphatic rings. The summed E-state index contributed by atoms with van der Waals surface area (Å²) in [5.41, 5.74) is -0.281. The number of aliphatic hydroxyl groups is 1. The zero-order valence-electron chi connectivity index (χ0n) is 24.1. The van der Waals surface area contributed by atoms with E-state index >= 15 is 0 Å². The second-order valence-electron chi connectivity index (χ2n) is 11.5. The van der Waals surface area contributed by atoms with Crippen LogP contribution in [0, 0.1) is 11.8 Å². The molecule has 0 radical (unpaired) electrons. The van der Waals surface area contributed by atoms with Gasteiger partial charge in [0.2, 0.25) is 11.8 Å². The third-order valence-corrected chi connectivity index (χ3v) is 9.64. The summed E-state index contributed by atoms with van der Waals surface area (Å²) >= 11 is 3.71. The minimum Gasteiger partial charge on any atom is -0.465 e. The Morgan fingerprint density at radius 3 is 2.66 bits per heavy atom. The van der Waals surface area contributed by atoms with Crippen LogP contribution in [0.2, 0.25) is 0 Å². The van der Waals surface area contributed by atoms with Crippen LogP contribution in [0.4, 0.5) is 0 Å². The second kappa shape index (κ2) is 13.7. The summed E-state index contributed by atoms with van der Waals surface area (Å²) < 4.78 is 12.3. The standard InChI is InChI=1S/C32H43BrN2O6/c1-5-8-12-17-40-31(39)25-26-29(37)35(23(20-36)18-22-14-10-9-11-15-22)28(32(26)19-24(33)27(25)41-32)30(38)34(16-7-3)21(4)13-6-2/h5,7,9-11,14-15,21,23-28,36H,1,3,6,8,12-13,16-20H2,2,4H3/t21?,23-,24?,25+,26+,27+,28?,32?/m1/s1. The van der Waals surface area contributed by atoms with Gasteiger partial charge in [0.25, 0.3) is 0 Å². The Kier molecular flexibility index (Phi) is 10.5. The number of ether oxygens (including phenoxy) is 2. The van der Waals surface area contributed by atoms with Gasteiger partial charge in [0.05, 0.1) is 37.2 Å². The first-order chi connectivity index (χ1) is 19.7. The average molecular weight is 632 g/mol. The average Bonchev–Trinajstić information content (AvgIpc) is 3.56. The van der Waals surface area contributed by atoms with Crippen molar-refractivity contribution in [3.05, 3.63) is 61.2 Å². The van der Waals surface area contributed by atoms with Gasteiger partial charge in [-0.25, -0.2) is 0 Å². The highest BCUT2D eigenvalue weighted by molar-refractivity contribution is 9.09. The van der Waals surface area contributed by atoms with Crippen LogP contribution in [0.5, 0.6) is 0 Å². The monoisotopic (exact) mass is 630 g/mol. The van der Waals surface area contributed by atoms with Crippen LogP contribution >= 0.6 is 15.9 Å². The molecule has 41 heavy (non-hydrogen) atoms. The molecule has 0 saturated carbocycles. The SMILES string of the molecule is C=CCCCOC(=O)[C@H]1[C@H]2C(=O)N([C@@H](CO)Cc3ccccc3)C(C(=O)N(CC=C)C(C)CCC)C23CC(Br)[C@@H]1O3. The molecule has 8 atom stereocenters. The highest BCUT2D eigenvalue weighted by Crippen LogP contribution is 2.60. The Bertz CT molecular complexity index is 1110. The first kappa shape index (κ1) is 31.4. The number of esters is 1. The highest BCUT2D eigenvalue weighted by atomic mass is 79.9. The molecule has 3 saturated heterocycles. The summed E-state index contributed by atoms with van der Waals surface area (Å²) in [5.74, 6) is -2.79. The molecular formula is C32H43BrN2O6. The van der Waals surface area contributed by atoms with Gasteiger partial charge in [-0.15, -0.1) is 13.2 Å². The Morgan fingerprint density at radius 2 is 2.02 bits per heavy atom. The maximum atomic E-state index is 14.6. The van der Waals surface area contributed by atoms with Gasteiger partial charge < -0.3 is 24.4 Å². The maximum Gasteiger partial charge on any atom is 0.312 e. The van der Waals surface area contributed by atoms with Crippen LogP contribution in [-0.4, -0.2) is 87.1 Å². The Hall–Kier alpha value is -2.49. The number of carbonyl (C=O) groups is 3. The van der Waals surface area contributed by atoms with E-state index in [4.69, 9.17) is 9.47 Å². The third kappa shape index (κ3) is 5.90. The van der Waals surface area contributed by atoms with Crippen molar-refractivity contribution in [3.8, 4) is 0 Å². The predicted octanol–water partition coefficient (Wildman–Crippen LogP) is 4.05. The summed E-state index contributed by atoms with van der Waals surface area (Å²) in [6.07, 6.45) is 6.65. The van der Waals surface area contributed by atoms with E-state index in [1.807, 2.05) is 37.3 Å². The fourth-order valence-electron chi connectivity index (χ4n) is 7.00. The number of hydrogen-bond donors (Lipinski definition) is 1. The van der Waals surface area contributed by atoms with Crippen molar-refractivity contribution in [3.63, 3.8) is 0 Å². The van der Waals surface area contributed by atoms with Crippen LogP contribution in [-0.2, 0) is 30.3 Å². The molecule has 2 bridgehead atoms. The van der Waals surface area contributed by atoms with Crippen molar-refractivity contribution in [2.45, 2.75) is 87.0 Å². The number of likely N-dealkylation sites (tertiary alicyclic amines) is 1. The van der Waals surface area contributed by atoms with Crippen LogP contribution in [0.25, 0.3) is 0 Å². The second-order valence-corrected chi connectivity index (χ2v) is 12.6. The zero-order valence-corrected chi connectivity index (χ0v) is 25.7. The molecule has 8 nitrogen and oxygen atoms in total. The Balaban J connectivity index is 1.76. The number of allylic oxidation sites excluding steroid dienone is 1. The van der Waals surface area contributed by atoms with Crippen LogP contribution < -0.4 is 0 Å². The first-order valence-electron chi connectivity index (χ1n) is 14.7. The molecule has 2 amide bonds. The molecule has 4 unspecified atom stereocenters. The molecule has 3 fully saturated rings. The van der Waals surface area contributed by atoms with Crippen molar-refractivity contribution >= 4 is 33.7 Å². The molecule has 0 aliphatic carbocycles. The number of unbranched alkanes of at least 4 members (excludes halogenated alkanes) is 1. The lowest BCUT2D eigenvalue weighted by molar-refractivity contribution is -0.156. The lowest BCUT2D eigenvalue weighted by Gasteiger charge is -2.41. The summed E-state index contributed by atoms with van der Waals surface area (Å²) in [7, 11) is 0. The lowest BCUT2D eigenvalue weighted by atomic mass is 9.70. The minimum atomic E-state index is -1.22. The highest BCUT2D eigenvalue weighted by Gasteiger charge is 2.77. The topological polar surface area (TPSA) is 96.4 Å². The maximum absolute atomic E-state index is 14.6. The predicted molar refractivity (Wildman–Crippen MR) is 160 cm³/mol. The molecule has 3 heterocycles. The van der Waals surface area contributed by atoms with E-state index in [9.17, 15) is 19.5 Å². The summed E-state index contributed by atoms with van der Waals surface area (Å²) in [6.45, 7) is 11.8. The first-order valence-corrected chi connectivity index (χ1v) is 15.6. The minimum absolute atomic E-state index is 0.0939. The Labute approximate surface area is 251 Å². The normalized spacial score (nSPS) is 29.6. The zero-order chi connectivity index (χ0) is 29.7. The van der Waals surface area contributed by atoms with Crippen LogP contribution in [0.1, 0.15) is 51.5 Å². The van der Waals surface area contributed by atoms with E-state index < -0.39 is 41.6 Å². The fraction of sp³-hybridized carbons (Fsp3) is 0.594.